The Kier molecular flexibility index (Phi) is 5.19. The number of aliphatic carboxylic acids is 1. The van der Waals surface area contributed by atoms with Crippen molar-refractivity contribution in [2.75, 3.05) is 6.54 Å². The van der Waals surface area contributed by atoms with Crippen LogP contribution in [0.2, 0.25) is 0 Å². The molecule has 0 radical (unpaired) electrons. The molecule has 0 aliphatic rings. The van der Waals surface area contributed by atoms with Gasteiger partial charge in [-0.1, -0.05) is 6.92 Å². The lowest BCUT2D eigenvalue weighted by atomic mass is 10.0. The van der Waals surface area contributed by atoms with Crippen molar-refractivity contribution in [1.29, 1.82) is 0 Å². The average molecular weight is 239 g/mol. The SMILES string of the molecule is CC(CCNC(=O)c1cnc[nH]1)CCC(=O)O. The quantitative estimate of drug-likeness (QED) is 0.662. The van der Waals surface area contributed by atoms with Crippen molar-refractivity contribution in [3.63, 3.8) is 0 Å². The number of carbonyl (C=O) groups excluding carboxylic acids is 1. The summed E-state index contributed by atoms with van der Waals surface area (Å²) in [7, 11) is 0. The van der Waals surface area contributed by atoms with Crippen molar-refractivity contribution in [1.82, 2.24) is 15.3 Å². The van der Waals surface area contributed by atoms with Crippen LogP contribution in [0.15, 0.2) is 12.5 Å². The fourth-order valence-electron chi connectivity index (χ4n) is 1.42. The van der Waals surface area contributed by atoms with Crippen LogP contribution in [0, 0.1) is 5.92 Å². The number of aromatic nitrogens is 2. The number of hydrogen-bond acceptors (Lipinski definition) is 3. The largest absolute Gasteiger partial charge is 0.481 e. The molecule has 0 saturated heterocycles. The Labute approximate surface area is 99.4 Å². The van der Waals surface area contributed by atoms with Gasteiger partial charge in [0.15, 0.2) is 0 Å². The van der Waals surface area contributed by atoms with Gasteiger partial charge in [0.1, 0.15) is 5.69 Å². The number of nitrogens with zero attached hydrogens (tertiary/aromatic N) is 1. The van der Waals surface area contributed by atoms with Crippen molar-refractivity contribution in [3.8, 4) is 0 Å². The summed E-state index contributed by atoms with van der Waals surface area (Å²) >= 11 is 0. The summed E-state index contributed by atoms with van der Waals surface area (Å²) in [5, 5.41) is 11.3. The molecule has 0 saturated carbocycles. The lowest BCUT2D eigenvalue weighted by Crippen LogP contribution is -2.26. The summed E-state index contributed by atoms with van der Waals surface area (Å²) in [5.41, 5.74) is 0.434. The fourth-order valence-corrected chi connectivity index (χ4v) is 1.42. The van der Waals surface area contributed by atoms with Gasteiger partial charge in [0.2, 0.25) is 0 Å². The van der Waals surface area contributed by atoms with Gasteiger partial charge in [-0.2, -0.15) is 0 Å². The molecule has 1 amide bonds. The number of hydrogen-bond donors (Lipinski definition) is 3. The van der Waals surface area contributed by atoms with Gasteiger partial charge >= 0.3 is 5.97 Å². The number of rotatable bonds is 7. The summed E-state index contributed by atoms with van der Waals surface area (Å²) in [6.07, 6.45) is 4.49. The molecule has 0 aliphatic carbocycles. The molecular formula is C11H17N3O3. The van der Waals surface area contributed by atoms with Gasteiger partial charge in [0.25, 0.3) is 5.91 Å². The Hall–Kier alpha value is -1.85. The highest BCUT2D eigenvalue weighted by atomic mass is 16.4. The first kappa shape index (κ1) is 13.2. The highest BCUT2D eigenvalue weighted by molar-refractivity contribution is 5.91. The third-order valence-electron chi connectivity index (χ3n) is 2.52. The lowest BCUT2D eigenvalue weighted by molar-refractivity contribution is -0.137. The zero-order valence-corrected chi connectivity index (χ0v) is 9.77. The van der Waals surface area contributed by atoms with E-state index in [2.05, 4.69) is 15.3 Å². The van der Waals surface area contributed by atoms with E-state index in [1.54, 1.807) is 0 Å². The van der Waals surface area contributed by atoms with E-state index in [4.69, 9.17) is 5.11 Å². The first-order valence-electron chi connectivity index (χ1n) is 5.58. The average Bonchev–Trinajstić information content (AvgIpc) is 2.79. The molecule has 1 heterocycles. The summed E-state index contributed by atoms with van der Waals surface area (Å²) in [5.74, 6) is -0.681. The molecule has 17 heavy (non-hydrogen) atoms. The van der Waals surface area contributed by atoms with Crippen LogP contribution in [-0.4, -0.2) is 33.5 Å². The van der Waals surface area contributed by atoms with Gasteiger partial charge in [-0.15, -0.1) is 0 Å². The minimum absolute atomic E-state index is 0.176. The van der Waals surface area contributed by atoms with Crippen molar-refractivity contribution in [2.45, 2.75) is 26.2 Å². The van der Waals surface area contributed by atoms with Crippen LogP contribution in [0.25, 0.3) is 0 Å². The number of carbonyl (C=O) groups is 2. The molecular weight excluding hydrogens is 222 g/mol. The van der Waals surface area contributed by atoms with Crippen molar-refractivity contribution >= 4 is 11.9 Å². The predicted molar refractivity (Wildman–Crippen MR) is 61.6 cm³/mol. The van der Waals surface area contributed by atoms with Crippen molar-refractivity contribution in [3.05, 3.63) is 18.2 Å². The number of carboxylic acid groups (broad SMARTS) is 1. The molecule has 94 valence electrons. The first-order chi connectivity index (χ1) is 8.09. The zero-order valence-electron chi connectivity index (χ0n) is 9.77. The van der Waals surface area contributed by atoms with Crippen LogP contribution < -0.4 is 5.32 Å². The third-order valence-corrected chi connectivity index (χ3v) is 2.52. The van der Waals surface area contributed by atoms with Crippen LogP contribution >= 0.6 is 0 Å². The second-order valence-electron chi connectivity index (χ2n) is 4.05. The van der Waals surface area contributed by atoms with Crippen LogP contribution in [0.1, 0.15) is 36.7 Å². The third kappa shape index (κ3) is 5.14. The van der Waals surface area contributed by atoms with Gasteiger partial charge in [-0.3, -0.25) is 9.59 Å². The second kappa shape index (κ2) is 6.67. The fraction of sp³-hybridized carbons (Fsp3) is 0.545. The number of amides is 1. The lowest BCUT2D eigenvalue weighted by Gasteiger charge is -2.10. The number of aromatic amines is 1. The number of imidazole rings is 1. The second-order valence-corrected chi connectivity index (χ2v) is 4.05. The van der Waals surface area contributed by atoms with E-state index < -0.39 is 5.97 Å². The number of carboxylic acids is 1. The van der Waals surface area contributed by atoms with Crippen molar-refractivity contribution < 1.29 is 14.7 Å². The summed E-state index contributed by atoms with van der Waals surface area (Å²) < 4.78 is 0. The maximum Gasteiger partial charge on any atom is 0.303 e. The summed E-state index contributed by atoms with van der Waals surface area (Å²) in [6, 6.07) is 0. The molecule has 3 N–H and O–H groups in total. The topological polar surface area (TPSA) is 95.1 Å². The normalized spacial score (nSPS) is 12.1. The van der Waals surface area contributed by atoms with Gasteiger partial charge in [0, 0.05) is 13.0 Å². The highest BCUT2D eigenvalue weighted by Crippen LogP contribution is 2.09. The Morgan fingerprint density at radius 2 is 2.29 bits per heavy atom. The molecule has 1 aromatic heterocycles. The summed E-state index contributed by atoms with van der Waals surface area (Å²) in [6.45, 7) is 2.52. The minimum Gasteiger partial charge on any atom is -0.481 e. The zero-order chi connectivity index (χ0) is 12.7. The van der Waals surface area contributed by atoms with Crippen LogP contribution in [0.3, 0.4) is 0 Å². The summed E-state index contributed by atoms with van der Waals surface area (Å²) in [4.78, 5) is 28.3. The van der Waals surface area contributed by atoms with E-state index in [1.165, 1.54) is 12.5 Å². The number of nitrogens with one attached hydrogen (secondary N) is 2. The highest BCUT2D eigenvalue weighted by Gasteiger charge is 2.08. The maximum absolute atomic E-state index is 11.5. The molecule has 1 atom stereocenters. The van der Waals surface area contributed by atoms with Crippen LogP contribution in [0.4, 0.5) is 0 Å². The van der Waals surface area contributed by atoms with Gasteiger partial charge < -0.3 is 15.4 Å². The molecule has 0 spiro atoms. The Balaban J connectivity index is 2.15. The molecule has 1 rings (SSSR count). The molecule has 0 fully saturated rings. The molecule has 0 aromatic carbocycles. The standard InChI is InChI=1S/C11H17N3O3/c1-8(2-3-10(15)16)4-5-13-11(17)9-6-12-7-14-9/h6-8H,2-5H2,1H3,(H,12,14)(H,13,17)(H,15,16). The molecule has 1 aromatic rings. The van der Waals surface area contributed by atoms with Gasteiger partial charge in [0.05, 0.1) is 12.5 Å². The Bertz CT molecular complexity index is 362. The van der Waals surface area contributed by atoms with Crippen LogP contribution in [-0.2, 0) is 4.79 Å². The molecule has 1 unspecified atom stereocenters. The van der Waals surface area contributed by atoms with E-state index in [1.807, 2.05) is 6.92 Å². The minimum atomic E-state index is -0.779. The van der Waals surface area contributed by atoms with E-state index in [0.717, 1.165) is 6.42 Å². The first-order valence-corrected chi connectivity index (χ1v) is 5.58. The Morgan fingerprint density at radius 1 is 1.53 bits per heavy atom. The van der Waals surface area contributed by atoms with E-state index >= 15 is 0 Å². The molecule has 6 nitrogen and oxygen atoms in total. The molecule has 0 bridgehead atoms. The van der Waals surface area contributed by atoms with E-state index in [-0.39, 0.29) is 18.2 Å². The van der Waals surface area contributed by atoms with Crippen LogP contribution in [0.5, 0.6) is 0 Å². The predicted octanol–water partition coefficient (Wildman–Crippen LogP) is 1.03. The monoisotopic (exact) mass is 239 g/mol. The van der Waals surface area contributed by atoms with Gasteiger partial charge in [-0.25, -0.2) is 4.98 Å². The van der Waals surface area contributed by atoms with E-state index in [0.29, 0.717) is 18.7 Å². The van der Waals surface area contributed by atoms with Gasteiger partial charge in [-0.05, 0) is 18.8 Å². The Morgan fingerprint density at radius 3 is 2.88 bits per heavy atom. The maximum atomic E-state index is 11.5. The smallest absolute Gasteiger partial charge is 0.303 e. The number of H-pyrrole nitrogens is 1. The van der Waals surface area contributed by atoms with E-state index in [9.17, 15) is 9.59 Å². The molecule has 6 heteroatoms. The van der Waals surface area contributed by atoms with Crippen molar-refractivity contribution in [2.24, 2.45) is 5.92 Å². The molecule has 0 aliphatic heterocycles.